The molecule has 19 heavy (non-hydrogen) atoms. The molecule has 1 aliphatic rings. The number of rotatable bonds is 5. The second kappa shape index (κ2) is 7.40. The number of anilines is 1. The molecule has 3 N–H and O–H groups in total. The summed E-state index contributed by atoms with van der Waals surface area (Å²) in [5, 5.41) is 0. The average molecular weight is 263 g/mol. The summed E-state index contributed by atoms with van der Waals surface area (Å²) in [7, 11) is 0. The highest BCUT2D eigenvalue weighted by Gasteiger charge is 2.16. The van der Waals surface area contributed by atoms with E-state index in [4.69, 9.17) is 5.84 Å². The van der Waals surface area contributed by atoms with E-state index < -0.39 is 0 Å². The van der Waals surface area contributed by atoms with Crippen LogP contribution in [0.25, 0.3) is 0 Å². The number of nitrogen functional groups attached to an aromatic ring is 1. The Balaban J connectivity index is 1.84. The van der Waals surface area contributed by atoms with Crippen molar-refractivity contribution < 1.29 is 0 Å². The molecular formula is C14H25N5. The molecule has 0 aliphatic carbocycles. The normalized spacial score (nSPS) is 21.1. The summed E-state index contributed by atoms with van der Waals surface area (Å²) in [6, 6.07) is 0. The molecule has 2 rings (SSSR count). The van der Waals surface area contributed by atoms with Crippen molar-refractivity contribution in [1.29, 1.82) is 0 Å². The van der Waals surface area contributed by atoms with Gasteiger partial charge in [0.15, 0.2) is 5.82 Å². The van der Waals surface area contributed by atoms with E-state index in [1.54, 1.807) is 6.20 Å². The van der Waals surface area contributed by atoms with Crippen molar-refractivity contribution in [2.24, 2.45) is 11.8 Å². The molecule has 1 saturated heterocycles. The highest BCUT2D eigenvalue weighted by Crippen LogP contribution is 2.22. The van der Waals surface area contributed by atoms with Gasteiger partial charge in [0, 0.05) is 6.54 Å². The predicted octanol–water partition coefficient (Wildman–Crippen LogP) is 2.16. The molecule has 0 spiro atoms. The van der Waals surface area contributed by atoms with E-state index in [0.717, 1.165) is 18.2 Å². The second-order valence-corrected chi connectivity index (χ2v) is 5.40. The Morgan fingerprint density at radius 1 is 1.32 bits per heavy atom. The Morgan fingerprint density at radius 3 is 2.89 bits per heavy atom. The molecule has 5 heteroatoms. The van der Waals surface area contributed by atoms with Crippen molar-refractivity contribution in [3.8, 4) is 0 Å². The fraction of sp³-hybridized carbons (Fsp3) is 0.714. The van der Waals surface area contributed by atoms with Gasteiger partial charge >= 0.3 is 0 Å². The van der Waals surface area contributed by atoms with Crippen molar-refractivity contribution in [1.82, 2.24) is 14.9 Å². The maximum absolute atomic E-state index is 5.29. The molecule has 2 heterocycles. The molecule has 106 valence electrons. The van der Waals surface area contributed by atoms with Gasteiger partial charge in [-0.25, -0.2) is 10.8 Å². The van der Waals surface area contributed by atoms with Gasteiger partial charge in [-0.1, -0.05) is 19.8 Å². The number of nitrogens with zero attached hydrogens (tertiary/aromatic N) is 3. The Hall–Kier alpha value is -1.20. The van der Waals surface area contributed by atoms with E-state index >= 15 is 0 Å². The molecular weight excluding hydrogens is 238 g/mol. The minimum atomic E-state index is 0.614. The highest BCUT2D eigenvalue weighted by atomic mass is 15.3. The summed E-state index contributed by atoms with van der Waals surface area (Å²) in [6.45, 7) is 5.55. The highest BCUT2D eigenvalue weighted by molar-refractivity contribution is 5.28. The number of nitrogens with two attached hydrogens (primary N) is 1. The Labute approximate surface area is 115 Å². The molecule has 0 aromatic carbocycles. The molecule has 5 nitrogen and oxygen atoms in total. The lowest BCUT2D eigenvalue weighted by atomic mass is 9.96. The zero-order valence-electron chi connectivity index (χ0n) is 11.8. The first-order valence-electron chi connectivity index (χ1n) is 7.31. The molecule has 1 aromatic rings. The van der Waals surface area contributed by atoms with Crippen molar-refractivity contribution in [2.45, 2.75) is 45.6 Å². The third-order valence-electron chi connectivity index (χ3n) is 3.88. The minimum Gasteiger partial charge on any atom is -0.307 e. The summed E-state index contributed by atoms with van der Waals surface area (Å²) in [5.74, 6) is 6.82. The van der Waals surface area contributed by atoms with Crippen LogP contribution in [0.5, 0.6) is 0 Å². The molecule has 0 amide bonds. The van der Waals surface area contributed by atoms with Gasteiger partial charge in [-0.2, -0.15) is 0 Å². The first kappa shape index (κ1) is 14.2. The number of hydrogen-bond acceptors (Lipinski definition) is 5. The Bertz CT molecular complexity index is 365. The van der Waals surface area contributed by atoms with Crippen molar-refractivity contribution >= 4 is 5.82 Å². The lowest BCUT2D eigenvalue weighted by molar-refractivity contribution is 0.268. The van der Waals surface area contributed by atoms with Crippen LogP contribution >= 0.6 is 0 Å². The van der Waals surface area contributed by atoms with E-state index in [1.807, 2.05) is 6.20 Å². The fourth-order valence-corrected chi connectivity index (χ4v) is 2.82. The van der Waals surface area contributed by atoms with Gasteiger partial charge in [-0.05, 0) is 38.3 Å². The summed E-state index contributed by atoms with van der Waals surface area (Å²) < 4.78 is 0. The Morgan fingerprint density at radius 2 is 2.21 bits per heavy atom. The summed E-state index contributed by atoms with van der Waals surface area (Å²) in [6.07, 6.45) is 10.2. The first-order chi connectivity index (χ1) is 9.31. The van der Waals surface area contributed by atoms with Gasteiger partial charge in [-0.3, -0.25) is 9.88 Å². The van der Waals surface area contributed by atoms with E-state index in [-0.39, 0.29) is 0 Å². The first-order valence-corrected chi connectivity index (χ1v) is 7.31. The summed E-state index contributed by atoms with van der Waals surface area (Å²) >= 11 is 0. The van der Waals surface area contributed by atoms with Crippen LogP contribution in [-0.2, 0) is 6.54 Å². The molecule has 1 atom stereocenters. The lowest BCUT2D eigenvalue weighted by Crippen LogP contribution is -2.25. The second-order valence-electron chi connectivity index (χ2n) is 5.40. The van der Waals surface area contributed by atoms with E-state index in [1.165, 1.54) is 45.2 Å². The largest absolute Gasteiger partial charge is 0.307 e. The SMILES string of the molecule is CCCC1CCCN(Cc2cnc(NN)cn2)CC1. The molecule has 1 fully saturated rings. The van der Waals surface area contributed by atoms with E-state index in [9.17, 15) is 0 Å². The monoisotopic (exact) mass is 263 g/mol. The molecule has 0 radical (unpaired) electrons. The molecule has 0 saturated carbocycles. The van der Waals surface area contributed by atoms with Crippen LogP contribution in [0.3, 0.4) is 0 Å². The van der Waals surface area contributed by atoms with Gasteiger partial charge in [-0.15, -0.1) is 0 Å². The topological polar surface area (TPSA) is 67.1 Å². The number of aromatic nitrogens is 2. The summed E-state index contributed by atoms with van der Waals surface area (Å²) in [5.41, 5.74) is 3.52. The maximum Gasteiger partial charge on any atom is 0.158 e. The van der Waals surface area contributed by atoms with Crippen LogP contribution in [-0.4, -0.2) is 28.0 Å². The van der Waals surface area contributed by atoms with Crippen LogP contribution in [0, 0.1) is 5.92 Å². The third-order valence-corrected chi connectivity index (χ3v) is 3.88. The lowest BCUT2D eigenvalue weighted by Gasteiger charge is -2.19. The average Bonchev–Trinajstić information content (AvgIpc) is 2.66. The quantitative estimate of drug-likeness (QED) is 0.629. The molecule has 1 aliphatic heterocycles. The smallest absolute Gasteiger partial charge is 0.158 e. The van der Waals surface area contributed by atoms with Gasteiger partial charge in [0.05, 0.1) is 18.1 Å². The number of likely N-dealkylation sites (tertiary alicyclic amines) is 1. The van der Waals surface area contributed by atoms with Gasteiger partial charge < -0.3 is 5.43 Å². The molecule has 0 bridgehead atoms. The maximum atomic E-state index is 5.29. The van der Waals surface area contributed by atoms with Crippen LogP contribution in [0.1, 0.15) is 44.7 Å². The molecule has 1 aromatic heterocycles. The standard InChI is InChI=1S/C14H25N5/c1-2-4-12-5-3-7-19(8-6-12)11-13-9-17-14(18-15)10-16-13/h9-10,12H,2-8,11,15H2,1H3,(H,17,18). The van der Waals surface area contributed by atoms with Crippen LogP contribution < -0.4 is 11.3 Å². The zero-order chi connectivity index (χ0) is 13.5. The molecule has 1 unspecified atom stereocenters. The van der Waals surface area contributed by atoms with Crippen molar-refractivity contribution in [3.05, 3.63) is 18.1 Å². The van der Waals surface area contributed by atoms with Gasteiger partial charge in [0.2, 0.25) is 0 Å². The number of hydrogen-bond donors (Lipinski definition) is 2. The van der Waals surface area contributed by atoms with E-state index in [2.05, 4.69) is 27.2 Å². The van der Waals surface area contributed by atoms with Crippen LogP contribution in [0.4, 0.5) is 5.82 Å². The number of hydrazine groups is 1. The van der Waals surface area contributed by atoms with Crippen molar-refractivity contribution in [2.75, 3.05) is 18.5 Å². The zero-order valence-corrected chi connectivity index (χ0v) is 11.8. The predicted molar refractivity (Wildman–Crippen MR) is 77.4 cm³/mol. The fourth-order valence-electron chi connectivity index (χ4n) is 2.82. The van der Waals surface area contributed by atoms with Crippen molar-refractivity contribution in [3.63, 3.8) is 0 Å². The summed E-state index contributed by atoms with van der Waals surface area (Å²) in [4.78, 5) is 11.1. The minimum absolute atomic E-state index is 0.614. The third kappa shape index (κ3) is 4.44. The Kier molecular flexibility index (Phi) is 5.54. The van der Waals surface area contributed by atoms with Crippen LogP contribution in [0.2, 0.25) is 0 Å². The van der Waals surface area contributed by atoms with Crippen LogP contribution in [0.15, 0.2) is 12.4 Å². The van der Waals surface area contributed by atoms with Gasteiger partial charge in [0.1, 0.15) is 0 Å². The van der Waals surface area contributed by atoms with E-state index in [0.29, 0.717) is 5.82 Å². The number of nitrogens with one attached hydrogen (secondary N) is 1. The van der Waals surface area contributed by atoms with Gasteiger partial charge in [0.25, 0.3) is 0 Å².